The van der Waals surface area contributed by atoms with Crippen LogP contribution in [0.15, 0.2) is 24.3 Å². The van der Waals surface area contributed by atoms with Crippen LogP contribution in [0.2, 0.25) is 0 Å². The van der Waals surface area contributed by atoms with Gasteiger partial charge in [0.05, 0.1) is 0 Å². The molecule has 0 atom stereocenters. The summed E-state index contributed by atoms with van der Waals surface area (Å²) in [7, 11) is 0. The fourth-order valence-corrected chi connectivity index (χ4v) is 3.23. The topological polar surface area (TPSA) is 17.1 Å². The standard InChI is InChI=1S/C14H18OS/c1-3-16-10-14(8-9-14)13-7-5-4-6-12(13)11(2)15/h4-7H,3,8-10H2,1-2H3. The Kier molecular flexibility index (Phi) is 3.38. The van der Waals surface area contributed by atoms with Crippen LogP contribution in [0.1, 0.15) is 42.6 Å². The summed E-state index contributed by atoms with van der Waals surface area (Å²) >= 11 is 1.98. The molecule has 1 aromatic carbocycles. The van der Waals surface area contributed by atoms with Crippen molar-refractivity contribution >= 4 is 17.5 Å². The lowest BCUT2D eigenvalue weighted by atomic mass is 9.91. The van der Waals surface area contributed by atoms with Gasteiger partial charge in [-0.25, -0.2) is 0 Å². The molecule has 2 rings (SSSR count). The third-order valence-corrected chi connectivity index (χ3v) is 4.48. The number of benzene rings is 1. The molecule has 1 fully saturated rings. The number of ketones is 1. The molecular weight excluding hydrogens is 216 g/mol. The lowest BCUT2D eigenvalue weighted by Gasteiger charge is -2.17. The first-order valence-corrected chi connectivity index (χ1v) is 7.03. The summed E-state index contributed by atoms with van der Waals surface area (Å²) in [4.78, 5) is 11.6. The molecule has 2 heteroatoms. The van der Waals surface area contributed by atoms with Gasteiger partial charge in [0.1, 0.15) is 0 Å². The van der Waals surface area contributed by atoms with Gasteiger partial charge < -0.3 is 0 Å². The Morgan fingerprint density at radius 2 is 2.06 bits per heavy atom. The van der Waals surface area contributed by atoms with E-state index in [0.717, 1.165) is 17.1 Å². The molecule has 1 aromatic rings. The minimum atomic E-state index is 0.198. The number of carbonyl (C=O) groups is 1. The molecule has 0 unspecified atom stereocenters. The second-order valence-corrected chi connectivity index (χ2v) is 5.79. The van der Waals surface area contributed by atoms with E-state index in [-0.39, 0.29) is 5.78 Å². The third kappa shape index (κ3) is 2.17. The number of hydrogen-bond acceptors (Lipinski definition) is 2. The van der Waals surface area contributed by atoms with Crippen LogP contribution in [0.5, 0.6) is 0 Å². The number of hydrogen-bond donors (Lipinski definition) is 0. The molecule has 0 heterocycles. The van der Waals surface area contributed by atoms with Gasteiger partial charge in [0.2, 0.25) is 0 Å². The van der Waals surface area contributed by atoms with Crippen LogP contribution in [0.4, 0.5) is 0 Å². The smallest absolute Gasteiger partial charge is 0.160 e. The van der Waals surface area contributed by atoms with Gasteiger partial charge in [-0.1, -0.05) is 31.2 Å². The van der Waals surface area contributed by atoms with E-state index in [2.05, 4.69) is 19.1 Å². The van der Waals surface area contributed by atoms with Crippen LogP contribution >= 0.6 is 11.8 Å². The largest absolute Gasteiger partial charge is 0.295 e. The molecule has 1 saturated carbocycles. The molecule has 0 saturated heterocycles. The summed E-state index contributed by atoms with van der Waals surface area (Å²) in [5.41, 5.74) is 2.52. The second-order valence-electron chi connectivity index (χ2n) is 4.52. The van der Waals surface area contributed by atoms with E-state index >= 15 is 0 Å². The van der Waals surface area contributed by atoms with E-state index in [4.69, 9.17) is 0 Å². The lowest BCUT2D eigenvalue weighted by molar-refractivity contribution is 0.101. The fraction of sp³-hybridized carbons (Fsp3) is 0.500. The Morgan fingerprint density at radius 1 is 1.38 bits per heavy atom. The number of thioether (sulfide) groups is 1. The van der Waals surface area contributed by atoms with Crippen molar-refractivity contribution in [3.05, 3.63) is 35.4 Å². The molecule has 0 spiro atoms. The van der Waals surface area contributed by atoms with E-state index < -0.39 is 0 Å². The summed E-state index contributed by atoms with van der Waals surface area (Å²) in [6.07, 6.45) is 2.48. The van der Waals surface area contributed by atoms with Gasteiger partial charge in [0.25, 0.3) is 0 Å². The molecule has 0 radical (unpaired) electrons. The summed E-state index contributed by atoms with van der Waals surface area (Å²) in [6, 6.07) is 8.12. The highest BCUT2D eigenvalue weighted by Crippen LogP contribution is 2.51. The van der Waals surface area contributed by atoms with E-state index in [9.17, 15) is 4.79 Å². The van der Waals surface area contributed by atoms with Crippen molar-refractivity contribution in [3.8, 4) is 0 Å². The Labute approximate surface area is 102 Å². The maximum atomic E-state index is 11.6. The van der Waals surface area contributed by atoms with Crippen LogP contribution in [-0.4, -0.2) is 17.3 Å². The maximum Gasteiger partial charge on any atom is 0.160 e. The van der Waals surface area contributed by atoms with Gasteiger partial charge in [-0.15, -0.1) is 0 Å². The minimum Gasteiger partial charge on any atom is -0.295 e. The van der Waals surface area contributed by atoms with Crippen LogP contribution < -0.4 is 0 Å². The highest BCUT2D eigenvalue weighted by Gasteiger charge is 2.45. The predicted molar refractivity (Wildman–Crippen MR) is 70.4 cm³/mol. The lowest BCUT2D eigenvalue weighted by Crippen LogP contribution is -2.14. The molecular formula is C14H18OS. The van der Waals surface area contributed by atoms with Crippen LogP contribution in [-0.2, 0) is 5.41 Å². The zero-order chi connectivity index (χ0) is 11.6. The molecule has 1 aliphatic rings. The zero-order valence-corrected chi connectivity index (χ0v) is 10.8. The fourth-order valence-electron chi connectivity index (χ4n) is 2.19. The Balaban J connectivity index is 2.29. The highest BCUT2D eigenvalue weighted by atomic mass is 32.2. The molecule has 0 aliphatic heterocycles. The van der Waals surface area contributed by atoms with Gasteiger partial charge in [-0.2, -0.15) is 11.8 Å². The van der Waals surface area contributed by atoms with Gasteiger partial charge >= 0.3 is 0 Å². The van der Waals surface area contributed by atoms with Crippen molar-refractivity contribution in [2.75, 3.05) is 11.5 Å². The van der Waals surface area contributed by atoms with E-state index in [0.29, 0.717) is 5.41 Å². The van der Waals surface area contributed by atoms with Crippen molar-refractivity contribution in [2.45, 2.75) is 32.1 Å². The normalized spacial score (nSPS) is 17.1. The SMILES string of the molecule is CCSCC1(c2ccccc2C(C)=O)CC1. The number of carbonyl (C=O) groups excluding carboxylic acids is 1. The summed E-state index contributed by atoms with van der Waals surface area (Å²) in [5, 5.41) is 0. The average Bonchev–Trinajstić information content (AvgIpc) is 3.07. The number of rotatable bonds is 5. The van der Waals surface area contributed by atoms with Crippen LogP contribution in [0.25, 0.3) is 0 Å². The third-order valence-electron chi connectivity index (χ3n) is 3.31. The molecule has 1 aliphatic carbocycles. The maximum absolute atomic E-state index is 11.6. The second kappa shape index (κ2) is 4.62. The van der Waals surface area contributed by atoms with E-state index in [1.165, 1.54) is 18.4 Å². The van der Waals surface area contributed by atoms with Gasteiger partial charge in [0, 0.05) is 16.7 Å². The van der Waals surface area contributed by atoms with Crippen LogP contribution in [0.3, 0.4) is 0 Å². The van der Waals surface area contributed by atoms with E-state index in [1.807, 2.05) is 23.9 Å². The van der Waals surface area contributed by atoms with Crippen molar-refractivity contribution in [3.63, 3.8) is 0 Å². The first-order valence-electron chi connectivity index (χ1n) is 5.88. The number of Topliss-reactive ketones (excluding diaryl/α,β-unsaturated/α-hetero) is 1. The monoisotopic (exact) mass is 234 g/mol. The molecule has 16 heavy (non-hydrogen) atoms. The molecule has 86 valence electrons. The van der Waals surface area contributed by atoms with Gasteiger partial charge in [-0.3, -0.25) is 4.79 Å². The van der Waals surface area contributed by atoms with Crippen molar-refractivity contribution in [1.82, 2.24) is 0 Å². The van der Waals surface area contributed by atoms with Crippen molar-refractivity contribution in [2.24, 2.45) is 0 Å². The summed E-state index contributed by atoms with van der Waals surface area (Å²) < 4.78 is 0. The van der Waals surface area contributed by atoms with Crippen molar-refractivity contribution < 1.29 is 4.79 Å². The quantitative estimate of drug-likeness (QED) is 0.723. The molecule has 0 N–H and O–H groups in total. The average molecular weight is 234 g/mol. The minimum absolute atomic E-state index is 0.198. The first-order chi connectivity index (χ1) is 7.69. The predicted octanol–water partition coefficient (Wildman–Crippen LogP) is 3.67. The van der Waals surface area contributed by atoms with Gasteiger partial charge in [-0.05, 0) is 31.1 Å². The summed E-state index contributed by atoms with van der Waals surface area (Å²) in [5.74, 6) is 2.51. The zero-order valence-electron chi connectivity index (χ0n) is 9.95. The molecule has 0 amide bonds. The Morgan fingerprint density at radius 3 is 2.62 bits per heavy atom. The van der Waals surface area contributed by atoms with E-state index in [1.54, 1.807) is 6.92 Å². The van der Waals surface area contributed by atoms with Crippen LogP contribution in [0, 0.1) is 0 Å². The van der Waals surface area contributed by atoms with Gasteiger partial charge in [0.15, 0.2) is 5.78 Å². The molecule has 1 nitrogen and oxygen atoms in total. The Hall–Kier alpha value is -0.760. The molecule has 0 aromatic heterocycles. The Bertz CT molecular complexity index is 393. The van der Waals surface area contributed by atoms with Crippen molar-refractivity contribution in [1.29, 1.82) is 0 Å². The summed E-state index contributed by atoms with van der Waals surface area (Å²) in [6.45, 7) is 3.86. The highest BCUT2D eigenvalue weighted by molar-refractivity contribution is 7.99. The first kappa shape index (κ1) is 11.7. The molecule has 0 bridgehead atoms.